The molecule has 1 atom stereocenters. The fourth-order valence-corrected chi connectivity index (χ4v) is 3.47. The van der Waals surface area contributed by atoms with Crippen LogP contribution < -0.4 is 5.63 Å². The van der Waals surface area contributed by atoms with Crippen LogP contribution >= 0.6 is 0 Å². The molecule has 2 heterocycles. The number of phenolic OH excluding ortho intramolecular Hbond substituents is 1. The molecule has 1 aromatic heterocycles. The molecule has 0 aliphatic carbocycles. The van der Waals surface area contributed by atoms with Gasteiger partial charge in [0, 0.05) is 36.5 Å². The van der Waals surface area contributed by atoms with E-state index in [2.05, 4.69) is 0 Å². The van der Waals surface area contributed by atoms with Crippen molar-refractivity contribution in [3.8, 4) is 5.75 Å². The van der Waals surface area contributed by atoms with Crippen LogP contribution in [0, 0.1) is 12.8 Å². The molecule has 1 saturated heterocycles. The van der Waals surface area contributed by atoms with Gasteiger partial charge in [0.1, 0.15) is 11.3 Å². The van der Waals surface area contributed by atoms with E-state index in [-0.39, 0.29) is 31.0 Å². The van der Waals surface area contributed by atoms with Crippen LogP contribution in [-0.2, 0) is 16.0 Å². The monoisotopic (exact) mass is 359 g/mol. The van der Waals surface area contributed by atoms with Gasteiger partial charge in [-0.05, 0) is 43.9 Å². The second-order valence-corrected chi connectivity index (χ2v) is 6.69. The number of carboxylic acid groups (broad SMARTS) is 1. The number of carbonyl (C=O) groups is 2. The number of hydrogen-bond acceptors (Lipinski definition) is 5. The predicted molar refractivity (Wildman–Crippen MR) is 94.1 cm³/mol. The molecule has 2 N–H and O–H groups in total. The van der Waals surface area contributed by atoms with E-state index in [9.17, 15) is 19.5 Å². The lowest BCUT2D eigenvalue weighted by Gasteiger charge is -2.30. The van der Waals surface area contributed by atoms with Crippen molar-refractivity contribution in [3.05, 3.63) is 39.7 Å². The van der Waals surface area contributed by atoms with Gasteiger partial charge in [-0.2, -0.15) is 0 Å². The number of hydrogen-bond donors (Lipinski definition) is 2. The molecule has 26 heavy (non-hydrogen) atoms. The molecule has 1 amide bonds. The third kappa shape index (κ3) is 3.56. The summed E-state index contributed by atoms with van der Waals surface area (Å²) in [5.41, 5.74) is 0.952. The minimum absolute atomic E-state index is 0.0149. The van der Waals surface area contributed by atoms with Crippen molar-refractivity contribution in [2.24, 2.45) is 5.92 Å². The van der Waals surface area contributed by atoms with Crippen molar-refractivity contribution in [1.29, 1.82) is 0 Å². The maximum absolute atomic E-state index is 12.4. The summed E-state index contributed by atoms with van der Waals surface area (Å²) in [6.45, 7) is 2.56. The first-order valence-electron chi connectivity index (χ1n) is 8.62. The van der Waals surface area contributed by atoms with Gasteiger partial charge in [0.25, 0.3) is 0 Å². The lowest BCUT2D eigenvalue weighted by molar-refractivity contribution is -0.145. The SMILES string of the molecule is Cc1c(CCC(=O)N2CCCC(C(=O)O)C2)c(=O)oc2cc(O)ccc12. The van der Waals surface area contributed by atoms with Crippen molar-refractivity contribution in [1.82, 2.24) is 4.90 Å². The maximum Gasteiger partial charge on any atom is 0.339 e. The van der Waals surface area contributed by atoms with Gasteiger partial charge in [-0.25, -0.2) is 4.79 Å². The number of amides is 1. The Labute approximate surface area is 149 Å². The molecule has 0 spiro atoms. The Morgan fingerprint density at radius 3 is 2.85 bits per heavy atom. The number of aliphatic carboxylic acids is 1. The fraction of sp³-hybridized carbons (Fsp3) is 0.421. The number of fused-ring (bicyclic) bond motifs is 1. The number of likely N-dealkylation sites (tertiary alicyclic amines) is 1. The number of phenols is 1. The third-order valence-corrected chi connectivity index (χ3v) is 4.98. The zero-order valence-corrected chi connectivity index (χ0v) is 14.5. The average Bonchev–Trinajstić information content (AvgIpc) is 2.61. The highest BCUT2D eigenvalue weighted by molar-refractivity contribution is 5.83. The lowest BCUT2D eigenvalue weighted by atomic mass is 9.97. The number of benzene rings is 1. The maximum atomic E-state index is 12.4. The largest absolute Gasteiger partial charge is 0.508 e. The van der Waals surface area contributed by atoms with E-state index in [4.69, 9.17) is 9.52 Å². The Kier molecular flexibility index (Phi) is 4.97. The van der Waals surface area contributed by atoms with Crippen molar-refractivity contribution < 1.29 is 24.2 Å². The molecule has 138 valence electrons. The number of piperidine rings is 1. The summed E-state index contributed by atoms with van der Waals surface area (Å²) in [6.07, 6.45) is 1.61. The lowest BCUT2D eigenvalue weighted by Crippen LogP contribution is -2.42. The van der Waals surface area contributed by atoms with E-state index >= 15 is 0 Å². The third-order valence-electron chi connectivity index (χ3n) is 4.98. The molecule has 3 rings (SSSR count). The summed E-state index contributed by atoms with van der Waals surface area (Å²) in [4.78, 5) is 37.4. The topological polar surface area (TPSA) is 108 Å². The molecule has 1 aliphatic heterocycles. The minimum Gasteiger partial charge on any atom is -0.508 e. The Bertz CT molecular complexity index is 916. The van der Waals surface area contributed by atoms with E-state index in [0.29, 0.717) is 35.9 Å². The highest BCUT2D eigenvalue weighted by Crippen LogP contribution is 2.24. The molecule has 0 saturated carbocycles. The van der Waals surface area contributed by atoms with Crippen LogP contribution in [0.1, 0.15) is 30.4 Å². The Balaban J connectivity index is 1.75. The standard InChI is InChI=1S/C19H21NO6/c1-11-14-5-4-13(21)9-16(14)26-19(25)15(11)6-7-17(22)20-8-2-3-12(10-20)18(23)24/h4-5,9,12,21H,2-3,6-8,10H2,1H3,(H,23,24). The number of aryl methyl sites for hydroxylation is 1. The summed E-state index contributed by atoms with van der Waals surface area (Å²) in [6, 6.07) is 4.58. The first-order valence-corrected chi connectivity index (χ1v) is 8.62. The second-order valence-electron chi connectivity index (χ2n) is 6.69. The van der Waals surface area contributed by atoms with Crippen LogP contribution in [-0.4, -0.2) is 40.1 Å². The number of carbonyl (C=O) groups excluding carboxylic acids is 1. The summed E-state index contributed by atoms with van der Waals surface area (Å²) in [5, 5.41) is 19.4. The molecule has 7 nitrogen and oxygen atoms in total. The average molecular weight is 359 g/mol. The van der Waals surface area contributed by atoms with E-state index in [1.54, 1.807) is 17.9 Å². The van der Waals surface area contributed by atoms with Gasteiger partial charge >= 0.3 is 11.6 Å². The molecule has 0 bridgehead atoms. The smallest absolute Gasteiger partial charge is 0.339 e. The van der Waals surface area contributed by atoms with Crippen LogP contribution in [0.5, 0.6) is 5.75 Å². The van der Waals surface area contributed by atoms with Gasteiger partial charge in [0.2, 0.25) is 5.91 Å². The molecule has 1 fully saturated rings. The summed E-state index contributed by atoms with van der Waals surface area (Å²) >= 11 is 0. The molecule has 7 heteroatoms. The quantitative estimate of drug-likeness (QED) is 0.809. The number of rotatable bonds is 4. The van der Waals surface area contributed by atoms with Crippen LogP contribution in [0.3, 0.4) is 0 Å². The van der Waals surface area contributed by atoms with E-state index < -0.39 is 17.5 Å². The first-order chi connectivity index (χ1) is 12.4. The molecule has 1 unspecified atom stereocenters. The Hall–Kier alpha value is -2.83. The predicted octanol–water partition coefficient (Wildman–Crippen LogP) is 2.06. The zero-order valence-electron chi connectivity index (χ0n) is 14.5. The van der Waals surface area contributed by atoms with Gasteiger partial charge in [-0.1, -0.05) is 0 Å². The van der Waals surface area contributed by atoms with Crippen LogP contribution in [0.25, 0.3) is 11.0 Å². The molecule has 2 aromatic rings. The van der Waals surface area contributed by atoms with E-state index in [1.165, 1.54) is 12.1 Å². The Morgan fingerprint density at radius 2 is 2.12 bits per heavy atom. The van der Waals surface area contributed by atoms with Gasteiger partial charge in [-0.3, -0.25) is 9.59 Å². The normalized spacial score (nSPS) is 17.4. The van der Waals surface area contributed by atoms with E-state index in [1.807, 2.05) is 0 Å². The van der Waals surface area contributed by atoms with E-state index in [0.717, 1.165) is 5.56 Å². The molecular formula is C19H21NO6. The van der Waals surface area contributed by atoms with Crippen LogP contribution in [0.15, 0.2) is 27.4 Å². The van der Waals surface area contributed by atoms with Crippen molar-refractivity contribution in [3.63, 3.8) is 0 Å². The number of aromatic hydroxyl groups is 1. The molecule has 1 aliphatic rings. The van der Waals surface area contributed by atoms with Crippen molar-refractivity contribution in [2.45, 2.75) is 32.6 Å². The number of nitrogens with zero attached hydrogens (tertiary/aromatic N) is 1. The number of carboxylic acids is 1. The first kappa shape index (κ1) is 18.0. The Morgan fingerprint density at radius 1 is 1.35 bits per heavy atom. The summed E-state index contributed by atoms with van der Waals surface area (Å²) in [5.74, 6) is -1.54. The molecular weight excluding hydrogens is 338 g/mol. The van der Waals surface area contributed by atoms with Gasteiger partial charge in [0.15, 0.2) is 0 Å². The highest BCUT2D eigenvalue weighted by Gasteiger charge is 2.28. The molecule has 1 aromatic carbocycles. The zero-order chi connectivity index (χ0) is 18.8. The van der Waals surface area contributed by atoms with Crippen molar-refractivity contribution in [2.75, 3.05) is 13.1 Å². The van der Waals surface area contributed by atoms with Crippen LogP contribution in [0.2, 0.25) is 0 Å². The van der Waals surface area contributed by atoms with Crippen LogP contribution in [0.4, 0.5) is 0 Å². The van der Waals surface area contributed by atoms with Gasteiger partial charge in [-0.15, -0.1) is 0 Å². The summed E-state index contributed by atoms with van der Waals surface area (Å²) in [7, 11) is 0. The highest BCUT2D eigenvalue weighted by atomic mass is 16.4. The molecule has 0 radical (unpaired) electrons. The van der Waals surface area contributed by atoms with Crippen molar-refractivity contribution >= 4 is 22.8 Å². The minimum atomic E-state index is -0.878. The summed E-state index contributed by atoms with van der Waals surface area (Å²) < 4.78 is 5.26. The second kappa shape index (κ2) is 7.19. The van der Waals surface area contributed by atoms with Gasteiger partial charge in [0.05, 0.1) is 5.92 Å². The van der Waals surface area contributed by atoms with Gasteiger partial charge < -0.3 is 19.5 Å². The fourth-order valence-electron chi connectivity index (χ4n) is 3.47.